The minimum atomic E-state index is -0.0403. The number of amides is 1. The molecule has 21 heavy (non-hydrogen) atoms. The molecule has 0 aromatic heterocycles. The van der Waals surface area contributed by atoms with Crippen molar-refractivity contribution in [2.45, 2.75) is 57.3 Å². The average Bonchev–Trinajstić information content (AvgIpc) is 3.16. The third-order valence-corrected chi connectivity index (χ3v) is 5.75. The van der Waals surface area contributed by atoms with E-state index in [-0.39, 0.29) is 12.2 Å². The van der Waals surface area contributed by atoms with Crippen molar-refractivity contribution in [3.05, 3.63) is 35.9 Å². The van der Waals surface area contributed by atoms with Crippen LogP contribution in [0.1, 0.15) is 38.2 Å². The fourth-order valence-electron chi connectivity index (χ4n) is 4.81. The molecular weight excluding hydrogens is 260 g/mol. The van der Waals surface area contributed by atoms with Gasteiger partial charge >= 0.3 is 0 Å². The van der Waals surface area contributed by atoms with Crippen LogP contribution in [0.15, 0.2) is 30.3 Å². The number of carbonyl (C=O) groups excluding carboxylic acids is 1. The molecule has 1 heterocycles. The molecule has 3 heteroatoms. The topological polar surface area (TPSA) is 32.3 Å². The van der Waals surface area contributed by atoms with Gasteiger partial charge in [-0.1, -0.05) is 36.8 Å². The SMILES string of the molecule is CC1NC(Cc2ccccc2)C(=O)N1C1CC2CCC1C2. The molecule has 1 aromatic rings. The Morgan fingerprint density at radius 2 is 2.00 bits per heavy atom. The summed E-state index contributed by atoms with van der Waals surface area (Å²) in [5, 5.41) is 3.51. The molecule has 2 aliphatic carbocycles. The second-order valence-corrected chi connectivity index (χ2v) is 7.07. The quantitative estimate of drug-likeness (QED) is 0.925. The third kappa shape index (κ3) is 2.28. The van der Waals surface area contributed by atoms with Gasteiger partial charge in [-0.2, -0.15) is 0 Å². The van der Waals surface area contributed by atoms with Crippen molar-refractivity contribution in [3.8, 4) is 0 Å². The Balaban J connectivity index is 1.48. The molecule has 1 saturated heterocycles. The molecule has 3 fully saturated rings. The van der Waals surface area contributed by atoms with E-state index in [0.717, 1.165) is 18.3 Å². The van der Waals surface area contributed by atoms with Crippen molar-refractivity contribution in [2.24, 2.45) is 11.8 Å². The third-order valence-electron chi connectivity index (χ3n) is 5.75. The fraction of sp³-hybridized carbons (Fsp3) is 0.611. The maximum absolute atomic E-state index is 12.8. The molecule has 1 aliphatic heterocycles. The number of benzene rings is 1. The van der Waals surface area contributed by atoms with Crippen LogP contribution >= 0.6 is 0 Å². The Morgan fingerprint density at radius 1 is 1.19 bits per heavy atom. The van der Waals surface area contributed by atoms with Crippen LogP contribution in [0.4, 0.5) is 0 Å². The lowest BCUT2D eigenvalue weighted by Crippen LogP contribution is -2.45. The molecule has 3 nitrogen and oxygen atoms in total. The monoisotopic (exact) mass is 284 g/mol. The first-order valence-corrected chi connectivity index (χ1v) is 8.34. The normalized spacial score (nSPS) is 38.4. The van der Waals surface area contributed by atoms with Crippen LogP contribution in [0.5, 0.6) is 0 Å². The lowest BCUT2D eigenvalue weighted by molar-refractivity contribution is -0.133. The van der Waals surface area contributed by atoms with Crippen LogP contribution in [0, 0.1) is 11.8 Å². The van der Waals surface area contributed by atoms with Crippen molar-refractivity contribution < 1.29 is 4.79 Å². The van der Waals surface area contributed by atoms with Gasteiger partial charge in [0.2, 0.25) is 5.91 Å². The second kappa shape index (κ2) is 5.13. The number of nitrogens with zero attached hydrogens (tertiary/aromatic N) is 1. The van der Waals surface area contributed by atoms with Gasteiger partial charge in [0, 0.05) is 6.04 Å². The van der Waals surface area contributed by atoms with E-state index in [2.05, 4.69) is 29.3 Å². The fourth-order valence-corrected chi connectivity index (χ4v) is 4.81. The molecule has 2 bridgehead atoms. The Kier molecular flexibility index (Phi) is 3.26. The number of hydrogen-bond donors (Lipinski definition) is 1. The summed E-state index contributed by atoms with van der Waals surface area (Å²) in [5.41, 5.74) is 1.24. The van der Waals surface area contributed by atoms with Gasteiger partial charge in [0.15, 0.2) is 0 Å². The standard InChI is InChI=1S/C18H24N2O/c1-12-19-16(10-13-5-3-2-4-6-13)18(21)20(12)17-11-14-7-8-15(17)9-14/h2-6,12,14-17,19H,7-11H2,1H3. The molecule has 1 N–H and O–H groups in total. The van der Waals surface area contributed by atoms with E-state index in [1.54, 1.807) is 0 Å². The van der Waals surface area contributed by atoms with Gasteiger partial charge in [0.1, 0.15) is 0 Å². The van der Waals surface area contributed by atoms with E-state index in [9.17, 15) is 4.79 Å². The molecule has 1 amide bonds. The number of carbonyl (C=O) groups is 1. The largest absolute Gasteiger partial charge is 0.323 e. The van der Waals surface area contributed by atoms with Crippen molar-refractivity contribution >= 4 is 5.91 Å². The van der Waals surface area contributed by atoms with Crippen LogP contribution in [-0.2, 0) is 11.2 Å². The highest BCUT2D eigenvalue weighted by molar-refractivity contribution is 5.85. The maximum atomic E-state index is 12.8. The van der Waals surface area contributed by atoms with Crippen LogP contribution in [0.25, 0.3) is 0 Å². The van der Waals surface area contributed by atoms with Crippen LogP contribution < -0.4 is 5.32 Å². The average molecular weight is 284 g/mol. The van der Waals surface area contributed by atoms with Crippen molar-refractivity contribution in [2.75, 3.05) is 0 Å². The highest BCUT2D eigenvalue weighted by atomic mass is 16.2. The van der Waals surface area contributed by atoms with E-state index >= 15 is 0 Å². The molecule has 5 atom stereocenters. The van der Waals surface area contributed by atoms with E-state index in [0.29, 0.717) is 11.9 Å². The van der Waals surface area contributed by atoms with E-state index in [1.807, 2.05) is 18.2 Å². The summed E-state index contributed by atoms with van der Waals surface area (Å²) in [6, 6.07) is 10.8. The summed E-state index contributed by atoms with van der Waals surface area (Å²) >= 11 is 0. The zero-order valence-corrected chi connectivity index (χ0v) is 12.7. The number of hydrogen-bond acceptors (Lipinski definition) is 2. The summed E-state index contributed by atoms with van der Waals surface area (Å²) in [4.78, 5) is 15.0. The zero-order valence-electron chi connectivity index (χ0n) is 12.7. The van der Waals surface area contributed by atoms with E-state index < -0.39 is 0 Å². The summed E-state index contributed by atoms with van der Waals surface area (Å²) in [6.07, 6.45) is 6.30. The molecule has 4 rings (SSSR count). The molecule has 0 radical (unpaired) electrons. The molecule has 5 unspecified atom stereocenters. The van der Waals surface area contributed by atoms with Crippen molar-refractivity contribution in [1.29, 1.82) is 0 Å². The Hall–Kier alpha value is -1.35. The zero-order chi connectivity index (χ0) is 14.4. The molecular formula is C18H24N2O. The predicted molar refractivity (Wildman–Crippen MR) is 82.6 cm³/mol. The van der Waals surface area contributed by atoms with Gasteiger partial charge in [-0.3, -0.25) is 10.1 Å². The molecule has 2 saturated carbocycles. The number of nitrogens with one attached hydrogen (secondary N) is 1. The Morgan fingerprint density at radius 3 is 2.67 bits per heavy atom. The molecule has 3 aliphatic rings. The first-order chi connectivity index (χ1) is 10.2. The van der Waals surface area contributed by atoms with Crippen LogP contribution in [0.3, 0.4) is 0 Å². The second-order valence-electron chi connectivity index (χ2n) is 7.07. The van der Waals surface area contributed by atoms with Crippen LogP contribution in [-0.4, -0.2) is 29.1 Å². The number of fused-ring (bicyclic) bond motifs is 2. The summed E-state index contributed by atoms with van der Waals surface area (Å²) < 4.78 is 0. The van der Waals surface area contributed by atoms with Gasteiger partial charge in [-0.25, -0.2) is 0 Å². The van der Waals surface area contributed by atoms with Gasteiger partial charge in [0.25, 0.3) is 0 Å². The van der Waals surface area contributed by atoms with E-state index in [1.165, 1.54) is 31.2 Å². The van der Waals surface area contributed by atoms with Crippen molar-refractivity contribution in [1.82, 2.24) is 10.2 Å². The van der Waals surface area contributed by atoms with Gasteiger partial charge in [-0.05, 0) is 50.0 Å². The summed E-state index contributed by atoms with van der Waals surface area (Å²) in [7, 11) is 0. The molecule has 112 valence electrons. The minimum Gasteiger partial charge on any atom is -0.323 e. The van der Waals surface area contributed by atoms with Gasteiger partial charge in [0.05, 0.1) is 12.2 Å². The lowest BCUT2D eigenvalue weighted by Gasteiger charge is -2.34. The highest BCUT2D eigenvalue weighted by Crippen LogP contribution is 2.47. The van der Waals surface area contributed by atoms with E-state index in [4.69, 9.17) is 0 Å². The summed E-state index contributed by atoms with van der Waals surface area (Å²) in [5.74, 6) is 1.97. The van der Waals surface area contributed by atoms with Crippen LogP contribution in [0.2, 0.25) is 0 Å². The Bertz CT molecular complexity index is 529. The lowest BCUT2D eigenvalue weighted by atomic mass is 9.93. The first kappa shape index (κ1) is 13.3. The predicted octanol–water partition coefficient (Wildman–Crippen LogP) is 2.56. The van der Waals surface area contributed by atoms with Gasteiger partial charge < -0.3 is 4.90 Å². The Labute approximate surface area is 126 Å². The summed E-state index contributed by atoms with van der Waals surface area (Å²) in [6.45, 7) is 2.15. The first-order valence-electron chi connectivity index (χ1n) is 8.34. The molecule has 1 aromatic carbocycles. The smallest absolute Gasteiger partial charge is 0.241 e. The maximum Gasteiger partial charge on any atom is 0.241 e. The highest BCUT2D eigenvalue weighted by Gasteiger charge is 2.48. The van der Waals surface area contributed by atoms with Gasteiger partial charge in [-0.15, -0.1) is 0 Å². The number of rotatable bonds is 3. The minimum absolute atomic E-state index is 0.0403. The molecule has 0 spiro atoms. The van der Waals surface area contributed by atoms with Crippen molar-refractivity contribution in [3.63, 3.8) is 0 Å².